The lowest BCUT2D eigenvalue weighted by atomic mass is 10.6. The summed E-state index contributed by atoms with van der Waals surface area (Å²) in [5.41, 5.74) is 0. The highest BCUT2D eigenvalue weighted by molar-refractivity contribution is 6.24. The summed E-state index contributed by atoms with van der Waals surface area (Å²) < 4.78 is 3.45. The number of hydrogen-bond donors (Lipinski definition) is 0. The maximum Gasteiger partial charge on any atom is 0.367 e. The largest absolute Gasteiger partial charge is 0.412 e. The number of carbonyl (C=O) groups excluding carboxylic acids is 3. The van der Waals surface area contributed by atoms with Crippen LogP contribution in [0.5, 0.6) is 0 Å². The fourth-order valence-electron chi connectivity index (χ4n) is 0.795. The quantitative estimate of drug-likeness (QED) is 0.364. The van der Waals surface area contributed by atoms with Gasteiger partial charge in [0.25, 0.3) is 6.73 Å². The lowest BCUT2D eigenvalue weighted by molar-refractivity contribution is -0.674. The highest BCUT2D eigenvalue weighted by atomic mass is 35.5. The molecule has 0 bridgehead atoms. The Hall–Kier alpha value is -1.20. The van der Waals surface area contributed by atoms with E-state index in [0.717, 1.165) is 12.2 Å². The molecule has 0 atom stereocenters. The van der Waals surface area contributed by atoms with Crippen molar-refractivity contribution in [3.05, 3.63) is 12.2 Å². The van der Waals surface area contributed by atoms with E-state index in [2.05, 4.69) is 4.74 Å². The van der Waals surface area contributed by atoms with Crippen molar-refractivity contribution in [2.45, 2.75) is 6.92 Å². The summed E-state index contributed by atoms with van der Waals surface area (Å²) in [6.07, 6.45) is 2.11. The number of halogens is 1. The number of nitrogens with zero attached hydrogens (tertiary/aromatic N) is 1. The Balaban J connectivity index is 2.71. The first kappa shape index (κ1) is 9.88. The molecule has 0 aromatic heterocycles. The summed E-state index contributed by atoms with van der Waals surface area (Å²) in [4.78, 5) is 32.5. The molecule has 2 amide bonds. The van der Waals surface area contributed by atoms with Crippen molar-refractivity contribution in [1.82, 2.24) is 0 Å². The third-order valence-electron chi connectivity index (χ3n) is 1.51. The molecule has 0 aliphatic carbocycles. The van der Waals surface area contributed by atoms with Crippen LogP contribution in [-0.2, 0) is 19.1 Å². The van der Waals surface area contributed by atoms with Gasteiger partial charge in [0.15, 0.2) is 11.8 Å². The van der Waals surface area contributed by atoms with Gasteiger partial charge in [-0.1, -0.05) is 4.00 Å². The minimum atomic E-state index is -1.04. The van der Waals surface area contributed by atoms with Crippen LogP contribution in [0.3, 0.4) is 0 Å². The SMILES string of the molecule is CC(=O)OC[N+]1(Cl)C(=O)C=CC1=O. The number of ether oxygens (including phenoxy) is 1. The average molecular weight is 205 g/mol. The van der Waals surface area contributed by atoms with Crippen LogP contribution in [0.15, 0.2) is 12.2 Å². The van der Waals surface area contributed by atoms with Crippen molar-refractivity contribution >= 4 is 29.6 Å². The van der Waals surface area contributed by atoms with Crippen LogP contribution in [0, 0.1) is 0 Å². The third-order valence-corrected chi connectivity index (χ3v) is 1.94. The normalized spacial score (nSPS) is 19.2. The first-order valence-electron chi connectivity index (χ1n) is 3.45. The highest BCUT2D eigenvalue weighted by Crippen LogP contribution is 2.20. The van der Waals surface area contributed by atoms with Gasteiger partial charge >= 0.3 is 17.8 Å². The zero-order valence-corrected chi connectivity index (χ0v) is 7.58. The Kier molecular flexibility index (Phi) is 2.49. The summed E-state index contributed by atoms with van der Waals surface area (Å²) in [6, 6.07) is 0. The third kappa shape index (κ3) is 1.76. The molecule has 0 unspecified atom stereocenters. The molecule has 0 radical (unpaired) electrons. The zero-order valence-electron chi connectivity index (χ0n) is 6.82. The summed E-state index contributed by atoms with van der Waals surface area (Å²) >= 11 is 5.61. The number of hydrogen-bond acceptors (Lipinski definition) is 4. The van der Waals surface area contributed by atoms with E-state index in [1.165, 1.54) is 6.92 Å². The molecule has 5 nitrogen and oxygen atoms in total. The molecule has 6 heteroatoms. The van der Waals surface area contributed by atoms with Gasteiger partial charge in [0.1, 0.15) is 0 Å². The second-order valence-electron chi connectivity index (χ2n) is 2.49. The Labute approximate surface area is 79.2 Å². The van der Waals surface area contributed by atoms with Gasteiger partial charge < -0.3 is 4.74 Å². The zero-order chi connectivity index (χ0) is 10.1. The second-order valence-corrected chi connectivity index (χ2v) is 3.07. The molecule has 1 aliphatic rings. The fourth-order valence-corrected chi connectivity index (χ4v) is 0.956. The van der Waals surface area contributed by atoms with Crippen molar-refractivity contribution in [3.63, 3.8) is 0 Å². The van der Waals surface area contributed by atoms with Crippen LogP contribution in [0.4, 0.5) is 0 Å². The molecular weight excluding hydrogens is 198 g/mol. The smallest absolute Gasteiger partial charge is 0.367 e. The highest BCUT2D eigenvalue weighted by Gasteiger charge is 2.47. The maximum atomic E-state index is 11.1. The number of rotatable bonds is 2. The van der Waals surface area contributed by atoms with Crippen LogP contribution in [0.25, 0.3) is 0 Å². The van der Waals surface area contributed by atoms with E-state index in [-0.39, 0.29) is 0 Å². The predicted molar refractivity (Wildman–Crippen MR) is 41.9 cm³/mol. The fraction of sp³-hybridized carbons (Fsp3) is 0.286. The predicted octanol–water partition coefficient (Wildman–Crippen LogP) is 0.101. The maximum absolute atomic E-state index is 11.1. The molecule has 0 aromatic carbocycles. The molecule has 0 N–H and O–H groups in total. The summed E-state index contributed by atoms with van der Waals surface area (Å²) in [5.74, 6) is -1.80. The topological polar surface area (TPSA) is 60.4 Å². The first-order chi connectivity index (χ1) is 5.97. The number of amides is 2. The molecule has 1 rings (SSSR count). The van der Waals surface area contributed by atoms with Gasteiger partial charge in [0.2, 0.25) is 0 Å². The Bertz CT molecular complexity index is 292. The second kappa shape index (κ2) is 3.27. The van der Waals surface area contributed by atoms with Crippen molar-refractivity contribution in [3.8, 4) is 0 Å². The van der Waals surface area contributed by atoms with E-state index < -0.39 is 28.5 Å². The molecular formula is C7H7ClNO4+. The lowest BCUT2D eigenvalue weighted by Crippen LogP contribution is -2.46. The Morgan fingerprint density at radius 1 is 1.46 bits per heavy atom. The van der Waals surface area contributed by atoms with Crippen LogP contribution >= 0.6 is 11.8 Å². The van der Waals surface area contributed by atoms with Gasteiger partial charge in [-0.15, -0.1) is 0 Å². The molecule has 0 aromatic rings. The number of carbonyl (C=O) groups is 3. The van der Waals surface area contributed by atoms with E-state index in [1.54, 1.807) is 0 Å². The van der Waals surface area contributed by atoms with Crippen molar-refractivity contribution < 1.29 is 23.1 Å². The summed E-state index contributed by atoms with van der Waals surface area (Å²) in [6.45, 7) is 0.697. The molecule has 0 saturated heterocycles. The van der Waals surface area contributed by atoms with E-state index in [9.17, 15) is 14.4 Å². The first-order valence-corrected chi connectivity index (χ1v) is 3.79. The average Bonchev–Trinajstić information content (AvgIpc) is 2.31. The number of esters is 1. The molecule has 0 saturated carbocycles. The van der Waals surface area contributed by atoms with Gasteiger partial charge in [0, 0.05) is 6.92 Å². The standard InChI is InChI=1S/C7H7ClNO4/c1-5(10)13-4-9(8)6(11)2-3-7(9)12/h2-3H,4H2,1H3/q+1. The number of imide groups is 1. The Morgan fingerprint density at radius 2 is 1.92 bits per heavy atom. The Morgan fingerprint density at radius 3 is 2.31 bits per heavy atom. The van der Waals surface area contributed by atoms with Gasteiger partial charge in [-0.2, -0.15) is 0 Å². The van der Waals surface area contributed by atoms with Gasteiger partial charge in [-0.05, 0) is 0 Å². The minimum absolute atomic E-state index is 0.471. The van der Waals surface area contributed by atoms with Crippen LogP contribution in [-0.4, -0.2) is 28.5 Å². The van der Waals surface area contributed by atoms with Gasteiger partial charge in [-0.25, -0.2) is 9.59 Å². The van der Waals surface area contributed by atoms with Crippen molar-refractivity contribution in [2.24, 2.45) is 0 Å². The van der Waals surface area contributed by atoms with E-state index in [4.69, 9.17) is 11.8 Å². The molecule has 1 aliphatic heterocycles. The van der Waals surface area contributed by atoms with Crippen molar-refractivity contribution in [2.75, 3.05) is 6.73 Å². The van der Waals surface area contributed by atoms with Crippen LogP contribution in [0.2, 0.25) is 0 Å². The molecule has 0 spiro atoms. The molecule has 1 heterocycles. The van der Waals surface area contributed by atoms with Gasteiger partial charge in [-0.3, -0.25) is 4.79 Å². The van der Waals surface area contributed by atoms with Crippen LogP contribution in [0.1, 0.15) is 6.92 Å². The minimum Gasteiger partial charge on any atom is -0.412 e. The molecule has 70 valence electrons. The number of quaternary nitrogens is 1. The lowest BCUT2D eigenvalue weighted by Gasteiger charge is -2.16. The molecule has 13 heavy (non-hydrogen) atoms. The van der Waals surface area contributed by atoms with E-state index in [1.807, 2.05) is 0 Å². The summed E-state index contributed by atoms with van der Waals surface area (Å²) in [7, 11) is 0. The van der Waals surface area contributed by atoms with Crippen LogP contribution < -0.4 is 0 Å². The summed E-state index contributed by atoms with van der Waals surface area (Å²) in [5, 5.41) is 0. The molecule has 0 fully saturated rings. The monoisotopic (exact) mass is 204 g/mol. The van der Waals surface area contributed by atoms with E-state index in [0.29, 0.717) is 0 Å². The van der Waals surface area contributed by atoms with Gasteiger partial charge in [0.05, 0.1) is 12.2 Å². The van der Waals surface area contributed by atoms with E-state index >= 15 is 0 Å². The van der Waals surface area contributed by atoms with Crippen molar-refractivity contribution in [1.29, 1.82) is 0 Å².